The standard InChI is InChI=1S/C18H34O2/c1-3-4-5-6-7-8-9-10-11-12-13-14-15-16-17-18(19)20-2/h7-8H,3-6,9-17H2,1-2H3/b8-7+. The van der Waals surface area contributed by atoms with Crippen molar-refractivity contribution in [2.45, 2.75) is 90.4 Å². The molecule has 0 radical (unpaired) electrons. The molecule has 0 unspecified atom stereocenters. The average molecular weight is 282 g/mol. The number of esters is 1. The third-order valence-electron chi connectivity index (χ3n) is 3.62. The number of carbonyl (C=O) groups is 1. The second kappa shape index (κ2) is 16.3. The smallest absolute Gasteiger partial charge is 0.305 e. The molecule has 0 aliphatic rings. The van der Waals surface area contributed by atoms with Gasteiger partial charge < -0.3 is 4.74 Å². The summed E-state index contributed by atoms with van der Waals surface area (Å²) in [6.07, 6.45) is 20.5. The van der Waals surface area contributed by atoms with Crippen LogP contribution in [0.4, 0.5) is 0 Å². The number of allylic oxidation sites excluding steroid dienone is 2. The van der Waals surface area contributed by atoms with Gasteiger partial charge in [-0.25, -0.2) is 0 Å². The summed E-state index contributed by atoms with van der Waals surface area (Å²) in [5.41, 5.74) is 0. The molecule has 0 spiro atoms. The second-order valence-corrected chi connectivity index (χ2v) is 5.56. The lowest BCUT2D eigenvalue weighted by atomic mass is 10.1. The predicted molar refractivity (Wildman–Crippen MR) is 86.9 cm³/mol. The van der Waals surface area contributed by atoms with Gasteiger partial charge in [-0.1, -0.05) is 64.0 Å². The summed E-state index contributed by atoms with van der Waals surface area (Å²) in [5.74, 6) is -0.0734. The molecular formula is C18H34O2. The molecule has 0 aliphatic carbocycles. The first-order chi connectivity index (χ1) is 9.81. The molecule has 2 nitrogen and oxygen atoms in total. The summed E-state index contributed by atoms with van der Waals surface area (Å²) in [6.45, 7) is 2.25. The maximum atomic E-state index is 10.9. The zero-order valence-electron chi connectivity index (χ0n) is 13.7. The largest absolute Gasteiger partial charge is 0.469 e. The number of hydrogen-bond acceptors (Lipinski definition) is 2. The molecule has 0 aromatic carbocycles. The van der Waals surface area contributed by atoms with Crippen LogP contribution in [0.5, 0.6) is 0 Å². The number of methoxy groups -OCH3 is 1. The van der Waals surface area contributed by atoms with E-state index in [2.05, 4.69) is 23.8 Å². The molecule has 0 aromatic heterocycles. The van der Waals surface area contributed by atoms with Crippen molar-refractivity contribution < 1.29 is 9.53 Å². The normalized spacial score (nSPS) is 11.1. The van der Waals surface area contributed by atoms with Gasteiger partial charge in [-0.15, -0.1) is 0 Å². The fourth-order valence-corrected chi connectivity index (χ4v) is 2.27. The first-order valence-electron chi connectivity index (χ1n) is 8.53. The predicted octanol–water partition coefficient (Wildman–Crippen LogP) is 5.81. The van der Waals surface area contributed by atoms with Crippen molar-refractivity contribution >= 4 is 5.97 Å². The van der Waals surface area contributed by atoms with Crippen LogP contribution in [0.15, 0.2) is 12.2 Å². The van der Waals surface area contributed by atoms with Gasteiger partial charge in [0, 0.05) is 6.42 Å². The van der Waals surface area contributed by atoms with Crippen LogP contribution in [0.1, 0.15) is 90.4 Å². The molecule has 0 heterocycles. The Kier molecular flexibility index (Phi) is 15.6. The van der Waals surface area contributed by atoms with Gasteiger partial charge in [-0.05, 0) is 32.1 Å². The first kappa shape index (κ1) is 19.2. The molecule has 0 amide bonds. The van der Waals surface area contributed by atoms with Crippen molar-refractivity contribution in [1.29, 1.82) is 0 Å². The van der Waals surface area contributed by atoms with Crippen molar-refractivity contribution in [3.63, 3.8) is 0 Å². The Morgan fingerprint density at radius 3 is 1.85 bits per heavy atom. The van der Waals surface area contributed by atoms with Gasteiger partial charge in [0.25, 0.3) is 0 Å². The minimum Gasteiger partial charge on any atom is -0.469 e. The van der Waals surface area contributed by atoms with Crippen molar-refractivity contribution in [1.82, 2.24) is 0 Å². The lowest BCUT2D eigenvalue weighted by Crippen LogP contribution is -1.99. The third-order valence-corrected chi connectivity index (χ3v) is 3.62. The van der Waals surface area contributed by atoms with E-state index < -0.39 is 0 Å². The van der Waals surface area contributed by atoms with E-state index in [9.17, 15) is 4.79 Å². The highest BCUT2D eigenvalue weighted by molar-refractivity contribution is 5.68. The van der Waals surface area contributed by atoms with Gasteiger partial charge in [0.05, 0.1) is 7.11 Å². The second-order valence-electron chi connectivity index (χ2n) is 5.56. The SMILES string of the molecule is CCCCC/C=C/CCCCCCCCCC(=O)OC. The van der Waals surface area contributed by atoms with Crippen LogP contribution in [-0.2, 0) is 9.53 Å². The number of ether oxygens (including phenoxy) is 1. The number of hydrogen-bond donors (Lipinski definition) is 0. The highest BCUT2D eigenvalue weighted by Gasteiger charge is 1.98. The molecule has 0 rings (SSSR count). The van der Waals surface area contributed by atoms with Crippen LogP contribution >= 0.6 is 0 Å². The highest BCUT2D eigenvalue weighted by atomic mass is 16.5. The summed E-state index contributed by atoms with van der Waals surface area (Å²) >= 11 is 0. The van der Waals surface area contributed by atoms with Gasteiger partial charge in [-0.2, -0.15) is 0 Å². The van der Waals surface area contributed by atoms with Crippen LogP contribution in [0, 0.1) is 0 Å². The fourth-order valence-electron chi connectivity index (χ4n) is 2.27. The van der Waals surface area contributed by atoms with Gasteiger partial charge >= 0.3 is 5.97 Å². The van der Waals surface area contributed by atoms with Crippen LogP contribution in [-0.4, -0.2) is 13.1 Å². The summed E-state index contributed by atoms with van der Waals surface area (Å²) in [7, 11) is 1.46. The molecule has 2 heteroatoms. The minimum atomic E-state index is -0.0734. The Balaban J connectivity index is 3.07. The minimum absolute atomic E-state index is 0.0734. The third kappa shape index (κ3) is 15.3. The molecule has 0 saturated carbocycles. The van der Waals surface area contributed by atoms with E-state index in [0.29, 0.717) is 6.42 Å². The quantitative estimate of drug-likeness (QED) is 0.228. The molecular weight excluding hydrogens is 248 g/mol. The van der Waals surface area contributed by atoms with E-state index in [1.165, 1.54) is 71.3 Å². The van der Waals surface area contributed by atoms with Crippen molar-refractivity contribution in [2.75, 3.05) is 7.11 Å². The van der Waals surface area contributed by atoms with Crippen LogP contribution < -0.4 is 0 Å². The number of rotatable bonds is 14. The number of unbranched alkanes of at least 4 members (excludes halogenated alkanes) is 10. The van der Waals surface area contributed by atoms with Gasteiger partial charge in [0.1, 0.15) is 0 Å². The molecule has 0 bridgehead atoms. The van der Waals surface area contributed by atoms with Crippen LogP contribution in [0.3, 0.4) is 0 Å². The molecule has 0 N–H and O–H groups in total. The number of carbonyl (C=O) groups excluding carboxylic acids is 1. The molecule has 118 valence electrons. The molecule has 0 saturated heterocycles. The van der Waals surface area contributed by atoms with E-state index >= 15 is 0 Å². The molecule has 0 fully saturated rings. The monoisotopic (exact) mass is 282 g/mol. The highest BCUT2D eigenvalue weighted by Crippen LogP contribution is 2.10. The van der Waals surface area contributed by atoms with Gasteiger partial charge in [-0.3, -0.25) is 4.79 Å². The molecule has 0 atom stereocenters. The zero-order valence-corrected chi connectivity index (χ0v) is 13.7. The maximum Gasteiger partial charge on any atom is 0.305 e. The molecule has 20 heavy (non-hydrogen) atoms. The Morgan fingerprint density at radius 1 is 0.800 bits per heavy atom. The summed E-state index contributed by atoms with van der Waals surface area (Å²) in [4.78, 5) is 10.9. The first-order valence-corrected chi connectivity index (χ1v) is 8.53. The summed E-state index contributed by atoms with van der Waals surface area (Å²) < 4.78 is 4.62. The summed E-state index contributed by atoms with van der Waals surface area (Å²) in [6, 6.07) is 0. The van der Waals surface area contributed by atoms with E-state index in [0.717, 1.165) is 12.8 Å². The van der Waals surface area contributed by atoms with E-state index in [1.807, 2.05) is 0 Å². The zero-order chi connectivity index (χ0) is 14.9. The van der Waals surface area contributed by atoms with E-state index in [-0.39, 0.29) is 5.97 Å². The maximum absolute atomic E-state index is 10.9. The lowest BCUT2D eigenvalue weighted by Gasteiger charge is -2.01. The Hall–Kier alpha value is -0.790. The average Bonchev–Trinajstić information content (AvgIpc) is 2.47. The topological polar surface area (TPSA) is 26.3 Å². The Morgan fingerprint density at radius 2 is 1.30 bits per heavy atom. The molecule has 0 aliphatic heterocycles. The van der Waals surface area contributed by atoms with E-state index in [1.54, 1.807) is 0 Å². The van der Waals surface area contributed by atoms with Crippen molar-refractivity contribution in [3.05, 3.63) is 12.2 Å². The van der Waals surface area contributed by atoms with Crippen molar-refractivity contribution in [2.24, 2.45) is 0 Å². The summed E-state index contributed by atoms with van der Waals surface area (Å²) in [5, 5.41) is 0. The van der Waals surface area contributed by atoms with Gasteiger partial charge in [0.2, 0.25) is 0 Å². The Labute approximate surface area is 126 Å². The van der Waals surface area contributed by atoms with Crippen LogP contribution in [0.2, 0.25) is 0 Å². The van der Waals surface area contributed by atoms with Crippen molar-refractivity contribution in [3.8, 4) is 0 Å². The Bertz CT molecular complexity index is 234. The fraction of sp³-hybridized carbons (Fsp3) is 0.833. The van der Waals surface area contributed by atoms with Gasteiger partial charge in [0.15, 0.2) is 0 Å². The lowest BCUT2D eigenvalue weighted by molar-refractivity contribution is -0.140. The van der Waals surface area contributed by atoms with E-state index in [4.69, 9.17) is 0 Å². The van der Waals surface area contributed by atoms with Crippen LogP contribution in [0.25, 0.3) is 0 Å². The molecule has 0 aromatic rings.